The predicted octanol–water partition coefficient (Wildman–Crippen LogP) is 4.52. The number of carbonyl (C=O) groups is 1. The molecule has 1 aliphatic rings. The number of anilines is 1. The van der Waals surface area contributed by atoms with E-state index in [1.54, 1.807) is 13.0 Å². The molecule has 0 bridgehead atoms. The maximum Gasteiger partial charge on any atom is 0.286 e. The molecule has 11 heteroatoms. The Morgan fingerprint density at radius 1 is 1.06 bits per heavy atom. The van der Waals surface area contributed by atoms with Crippen molar-refractivity contribution in [1.29, 1.82) is 0 Å². The van der Waals surface area contributed by atoms with Gasteiger partial charge in [-0.05, 0) is 68.5 Å². The normalized spacial score (nSPS) is 16.8. The molecule has 0 aliphatic carbocycles. The minimum absolute atomic E-state index is 0.00124. The van der Waals surface area contributed by atoms with E-state index in [0.29, 0.717) is 30.0 Å². The van der Waals surface area contributed by atoms with E-state index in [4.69, 9.17) is 0 Å². The van der Waals surface area contributed by atoms with Gasteiger partial charge in [-0.15, -0.1) is 10.2 Å². The first-order valence-corrected chi connectivity index (χ1v) is 12.5. The highest BCUT2D eigenvalue weighted by Crippen LogP contribution is 2.38. The molecule has 3 aromatic rings. The molecule has 2 heterocycles. The Morgan fingerprint density at radius 2 is 1.79 bits per heavy atom. The standard InChI is InChI=1S/C22H22F2N4O3S2/c1-12-9-14(3)19(10-13(12)2)33(30,31)28-8-4-5-18(28)21-26-27-22(32-21)20(29)25-15-6-7-16(23)17(24)11-15/h6-7,9-11,18H,4-5,8H2,1-3H3,(H,25,29). The lowest BCUT2D eigenvalue weighted by atomic mass is 10.1. The summed E-state index contributed by atoms with van der Waals surface area (Å²) in [6.07, 6.45) is 1.21. The van der Waals surface area contributed by atoms with Crippen molar-refractivity contribution >= 4 is 33.0 Å². The quantitative estimate of drug-likeness (QED) is 0.565. The van der Waals surface area contributed by atoms with Crippen LogP contribution in [0.4, 0.5) is 14.5 Å². The van der Waals surface area contributed by atoms with Crippen LogP contribution in [0.2, 0.25) is 0 Å². The Hall–Kier alpha value is -2.76. The molecule has 174 valence electrons. The van der Waals surface area contributed by atoms with Crippen molar-refractivity contribution in [2.45, 2.75) is 44.6 Å². The third kappa shape index (κ3) is 4.53. The van der Waals surface area contributed by atoms with E-state index in [9.17, 15) is 22.0 Å². The maximum absolute atomic E-state index is 13.5. The van der Waals surface area contributed by atoms with Crippen LogP contribution < -0.4 is 5.32 Å². The number of rotatable bonds is 5. The number of hydrogen-bond donors (Lipinski definition) is 1. The Bertz CT molecular complexity index is 1340. The van der Waals surface area contributed by atoms with Gasteiger partial charge in [0, 0.05) is 18.3 Å². The molecule has 0 spiro atoms. The summed E-state index contributed by atoms with van der Waals surface area (Å²) in [5.74, 6) is -2.74. The van der Waals surface area contributed by atoms with E-state index in [0.717, 1.165) is 34.6 Å². The summed E-state index contributed by atoms with van der Waals surface area (Å²) in [6, 6.07) is 6.03. The SMILES string of the molecule is Cc1cc(C)c(S(=O)(=O)N2CCCC2c2nnc(C(=O)Nc3ccc(F)c(F)c3)s2)cc1C. The van der Waals surface area contributed by atoms with Crippen LogP contribution in [-0.4, -0.2) is 35.4 Å². The van der Waals surface area contributed by atoms with Crippen molar-refractivity contribution in [2.75, 3.05) is 11.9 Å². The third-order valence-corrected chi connectivity index (χ3v) is 8.75. The van der Waals surface area contributed by atoms with Crippen LogP contribution in [0.1, 0.15) is 50.4 Å². The molecule has 1 aromatic heterocycles. The fraction of sp³-hybridized carbons (Fsp3) is 0.318. The van der Waals surface area contributed by atoms with E-state index in [2.05, 4.69) is 15.5 Å². The number of amides is 1. The van der Waals surface area contributed by atoms with Crippen LogP contribution in [0.5, 0.6) is 0 Å². The Kier molecular flexibility index (Phi) is 6.30. The molecule has 1 unspecified atom stereocenters. The highest BCUT2D eigenvalue weighted by Gasteiger charge is 2.39. The lowest BCUT2D eigenvalue weighted by Gasteiger charge is -2.23. The average molecular weight is 493 g/mol. The molecule has 0 saturated carbocycles. The number of hydrogen-bond acceptors (Lipinski definition) is 6. The first-order valence-electron chi connectivity index (χ1n) is 10.3. The van der Waals surface area contributed by atoms with Gasteiger partial charge < -0.3 is 5.32 Å². The molecule has 1 atom stereocenters. The number of aromatic nitrogens is 2. The fourth-order valence-electron chi connectivity index (χ4n) is 3.83. The highest BCUT2D eigenvalue weighted by atomic mass is 32.2. The molecule has 1 saturated heterocycles. The van der Waals surface area contributed by atoms with Crippen LogP contribution in [0.25, 0.3) is 0 Å². The van der Waals surface area contributed by atoms with Gasteiger partial charge >= 0.3 is 0 Å². The van der Waals surface area contributed by atoms with Crippen LogP contribution in [0, 0.1) is 32.4 Å². The van der Waals surface area contributed by atoms with Crippen molar-refractivity contribution in [3.8, 4) is 0 Å². The van der Waals surface area contributed by atoms with Gasteiger partial charge in [0.2, 0.25) is 15.0 Å². The van der Waals surface area contributed by atoms with Crippen molar-refractivity contribution < 1.29 is 22.0 Å². The number of nitrogens with one attached hydrogen (secondary N) is 1. The summed E-state index contributed by atoms with van der Waals surface area (Å²) in [5.41, 5.74) is 2.66. The smallest absolute Gasteiger partial charge is 0.286 e. The van der Waals surface area contributed by atoms with E-state index in [-0.39, 0.29) is 15.6 Å². The van der Waals surface area contributed by atoms with Crippen LogP contribution in [-0.2, 0) is 10.0 Å². The zero-order valence-corrected chi connectivity index (χ0v) is 19.9. The Balaban J connectivity index is 1.58. The number of halogens is 2. The molecule has 4 rings (SSSR count). The molecule has 7 nitrogen and oxygen atoms in total. The fourth-order valence-corrected chi connectivity index (χ4v) is 6.74. The van der Waals surface area contributed by atoms with E-state index in [1.807, 2.05) is 19.9 Å². The number of nitrogens with zero attached hydrogens (tertiary/aromatic N) is 3. The zero-order chi connectivity index (χ0) is 23.9. The van der Waals surface area contributed by atoms with Gasteiger partial charge in [0.15, 0.2) is 11.6 Å². The Morgan fingerprint density at radius 3 is 2.52 bits per heavy atom. The molecule has 1 amide bonds. The molecular weight excluding hydrogens is 470 g/mol. The second-order valence-electron chi connectivity index (χ2n) is 8.00. The highest BCUT2D eigenvalue weighted by molar-refractivity contribution is 7.89. The molecule has 2 aromatic carbocycles. The maximum atomic E-state index is 13.5. The monoisotopic (exact) mass is 492 g/mol. The van der Waals surface area contributed by atoms with Crippen molar-refractivity contribution in [3.05, 3.63) is 68.7 Å². The number of sulfonamides is 1. The Labute approximate surface area is 194 Å². The minimum atomic E-state index is -3.78. The van der Waals surface area contributed by atoms with Gasteiger partial charge in [0.1, 0.15) is 5.01 Å². The molecule has 1 fully saturated rings. The molecule has 1 aliphatic heterocycles. The van der Waals surface area contributed by atoms with Crippen LogP contribution in [0.15, 0.2) is 35.2 Å². The van der Waals surface area contributed by atoms with Gasteiger partial charge in [0.05, 0.1) is 10.9 Å². The van der Waals surface area contributed by atoms with Crippen molar-refractivity contribution in [2.24, 2.45) is 0 Å². The molecular formula is C22H22F2N4O3S2. The minimum Gasteiger partial charge on any atom is -0.320 e. The van der Waals surface area contributed by atoms with E-state index in [1.165, 1.54) is 10.4 Å². The van der Waals surface area contributed by atoms with Gasteiger partial charge in [-0.1, -0.05) is 17.4 Å². The topological polar surface area (TPSA) is 92.3 Å². The number of aryl methyl sites for hydroxylation is 3. The summed E-state index contributed by atoms with van der Waals surface area (Å²) in [5, 5.41) is 10.8. The second kappa shape index (κ2) is 8.88. The summed E-state index contributed by atoms with van der Waals surface area (Å²) in [6.45, 7) is 5.93. The lowest BCUT2D eigenvalue weighted by Crippen LogP contribution is -2.31. The summed E-state index contributed by atoms with van der Waals surface area (Å²) < 4.78 is 54.9. The summed E-state index contributed by atoms with van der Waals surface area (Å²) >= 11 is 0.981. The first kappa shape index (κ1) is 23.4. The van der Waals surface area contributed by atoms with Gasteiger partial charge in [-0.3, -0.25) is 4.79 Å². The summed E-state index contributed by atoms with van der Waals surface area (Å²) in [7, 11) is -3.78. The first-order chi connectivity index (χ1) is 15.6. The molecule has 0 radical (unpaired) electrons. The van der Waals surface area contributed by atoms with Crippen molar-refractivity contribution in [3.63, 3.8) is 0 Å². The van der Waals surface area contributed by atoms with Gasteiger partial charge in [-0.25, -0.2) is 17.2 Å². The van der Waals surface area contributed by atoms with E-state index >= 15 is 0 Å². The zero-order valence-electron chi connectivity index (χ0n) is 18.2. The number of carbonyl (C=O) groups excluding carboxylic acids is 1. The lowest BCUT2D eigenvalue weighted by molar-refractivity contribution is 0.102. The average Bonchev–Trinajstić information content (AvgIpc) is 3.43. The molecule has 33 heavy (non-hydrogen) atoms. The van der Waals surface area contributed by atoms with Crippen LogP contribution in [0.3, 0.4) is 0 Å². The van der Waals surface area contributed by atoms with Gasteiger partial charge in [0.25, 0.3) is 5.91 Å². The largest absolute Gasteiger partial charge is 0.320 e. The predicted molar refractivity (Wildman–Crippen MR) is 121 cm³/mol. The second-order valence-corrected chi connectivity index (χ2v) is 10.9. The molecule has 1 N–H and O–H groups in total. The van der Waals surface area contributed by atoms with E-state index < -0.39 is 33.6 Å². The van der Waals surface area contributed by atoms with Gasteiger partial charge in [-0.2, -0.15) is 4.31 Å². The van der Waals surface area contributed by atoms with Crippen LogP contribution >= 0.6 is 11.3 Å². The number of benzene rings is 2. The summed E-state index contributed by atoms with van der Waals surface area (Å²) in [4.78, 5) is 12.8. The third-order valence-electron chi connectivity index (χ3n) is 5.68. The van der Waals surface area contributed by atoms with Crippen molar-refractivity contribution in [1.82, 2.24) is 14.5 Å².